The highest BCUT2D eigenvalue weighted by atomic mass is 31.2. The maximum atomic E-state index is 12.7. The molecule has 65 heavy (non-hydrogen) atoms. The quantitative estimate of drug-likeness (QED) is 0.0126. The Morgan fingerprint density at radius 1 is 0.554 bits per heavy atom. The lowest BCUT2D eigenvalue weighted by Gasteiger charge is -2.20. The number of phosphoric ester groups is 2. The summed E-state index contributed by atoms with van der Waals surface area (Å²) in [6.45, 7) is 3.79. The van der Waals surface area contributed by atoms with E-state index in [1.165, 1.54) is 70.6 Å². The minimum absolute atomic E-state index is 0.0130. The zero-order chi connectivity index (χ0) is 48.3. The lowest BCUT2D eigenvalue weighted by Crippen LogP contribution is -2.29. The van der Waals surface area contributed by atoms with Crippen LogP contribution in [0.1, 0.15) is 175 Å². The molecule has 0 aromatic carbocycles. The van der Waals surface area contributed by atoms with Gasteiger partial charge in [0.2, 0.25) is 0 Å². The lowest BCUT2D eigenvalue weighted by molar-refractivity contribution is -0.161. The van der Waals surface area contributed by atoms with Crippen molar-refractivity contribution >= 4 is 27.6 Å². The van der Waals surface area contributed by atoms with Crippen LogP contribution in [0.4, 0.5) is 0 Å². The van der Waals surface area contributed by atoms with Crippen molar-refractivity contribution in [1.82, 2.24) is 0 Å². The molecule has 0 heterocycles. The Bertz CT molecular complexity index is 1450. The van der Waals surface area contributed by atoms with Crippen molar-refractivity contribution in [3.05, 3.63) is 72.9 Å². The molecule has 0 aromatic rings. The van der Waals surface area contributed by atoms with E-state index in [1.54, 1.807) is 24.3 Å². The van der Waals surface area contributed by atoms with Gasteiger partial charge in [-0.05, 0) is 50.9 Å². The van der Waals surface area contributed by atoms with Crippen molar-refractivity contribution in [1.29, 1.82) is 0 Å². The zero-order valence-electron chi connectivity index (χ0n) is 39.8. The van der Waals surface area contributed by atoms with Crippen molar-refractivity contribution in [2.45, 2.75) is 193 Å². The first-order valence-corrected chi connectivity index (χ1v) is 27.1. The Morgan fingerprint density at radius 2 is 1.06 bits per heavy atom. The summed E-state index contributed by atoms with van der Waals surface area (Å²) >= 11 is 0. The normalized spacial score (nSPS) is 15.1. The number of hydrogen-bond donors (Lipinski definition) is 5. The first kappa shape index (κ1) is 62.5. The van der Waals surface area contributed by atoms with E-state index >= 15 is 0 Å². The van der Waals surface area contributed by atoms with Gasteiger partial charge in [0.15, 0.2) is 6.10 Å². The van der Waals surface area contributed by atoms with Gasteiger partial charge in [0, 0.05) is 12.8 Å². The molecule has 0 rings (SSSR count). The van der Waals surface area contributed by atoms with E-state index < -0.39 is 72.3 Å². The SMILES string of the molecule is CC/C=C\C/C=C\C/C=C\C/C=C\C=C/C(O)C/C=C\CCC(=O)OC[C@H](COP(=O)(O)OC[C@@H](O)COP(=O)(O)O)OC(=O)CCCCCCCCCCCCCCCCCC(C)C. The largest absolute Gasteiger partial charge is 0.472 e. The summed E-state index contributed by atoms with van der Waals surface area (Å²) in [5, 5.41) is 20.0. The molecule has 0 saturated carbocycles. The molecule has 376 valence electrons. The molecule has 5 N–H and O–H groups in total. The highest BCUT2D eigenvalue weighted by molar-refractivity contribution is 7.47. The maximum Gasteiger partial charge on any atom is 0.472 e. The van der Waals surface area contributed by atoms with Crippen LogP contribution in [0.15, 0.2) is 72.9 Å². The average Bonchev–Trinajstić information content (AvgIpc) is 3.25. The first-order chi connectivity index (χ1) is 31.1. The Kier molecular flexibility index (Phi) is 41.2. The summed E-state index contributed by atoms with van der Waals surface area (Å²) in [6.07, 6.45) is 43.5. The fourth-order valence-electron chi connectivity index (χ4n) is 6.23. The molecular weight excluding hydrogens is 874 g/mol. The van der Waals surface area contributed by atoms with Gasteiger partial charge in [-0.15, -0.1) is 0 Å². The van der Waals surface area contributed by atoms with Crippen LogP contribution in [0.2, 0.25) is 0 Å². The molecule has 0 fully saturated rings. The molecule has 0 saturated heterocycles. The van der Waals surface area contributed by atoms with E-state index in [4.69, 9.17) is 23.8 Å². The minimum atomic E-state index is -4.89. The standard InChI is InChI=1S/C49H86O14P2/c1-4-5-6-7-8-9-10-14-18-21-24-27-31-36-45(50)37-32-29-34-38-48(52)59-42-47(43-62-65(57,58)61-41-46(51)40-60-64(54,55)56)63-49(53)39-33-28-25-22-19-16-13-11-12-15-17-20-23-26-30-35-44(2)3/h5-6,8-9,14,18,24,27,29,31-32,36,44-47,50-51H,4,7,10-13,15-17,19-23,25-26,28,30,33-35,37-43H2,1-3H3,(H,57,58)(H2,54,55,56)/b6-5-,9-8-,18-14-,27-24-,32-29-,36-31-/t45?,46-,47+/m0/s1. The fourth-order valence-corrected chi connectivity index (χ4v) is 7.39. The van der Waals surface area contributed by atoms with Crippen LogP contribution in [0.5, 0.6) is 0 Å². The lowest BCUT2D eigenvalue weighted by atomic mass is 10.0. The summed E-state index contributed by atoms with van der Waals surface area (Å²) in [6, 6.07) is 0. The van der Waals surface area contributed by atoms with E-state index in [1.807, 2.05) is 12.2 Å². The molecule has 0 aliphatic carbocycles. The zero-order valence-corrected chi connectivity index (χ0v) is 41.6. The average molecular weight is 961 g/mol. The number of hydrogen-bond acceptors (Lipinski definition) is 11. The van der Waals surface area contributed by atoms with E-state index in [2.05, 4.69) is 66.3 Å². The number of aliphatic hydroxyl groups is 2. The second-order valence-electron chi connectivity index (χ2n) is 16.7. The van der Waals surface area contributed by atoms with E-state index in [9.17, 15) is 33.8 Å². The van der Waals surface area contributed by atoms with Gasteiger partial charge >= 0.3 is 27.6 Å². The van der Waals surface area contributed by atoms with E-state index in [0.717, 1.165) is 57.3 Å². The van der Waals surface area contributed by atoms with Gasteiger partial charge in [-0.2, -0.15) is 0 Å². The minimum Gasteiger partial charge on any atom is -0.462 e. The third-order valence-electron chi connectivity index (χ3n) is 9.87. The number of allylic oxidation sites excluding steroid dienone is 10. The number of aliphatic hydroxyl groups excluding tert-OH is 2. The second kappa shape index (κ2) is 42.8. The molecule has 0 spiro atoms. The molecule has 0 radical (unpaired) electrons. The fraction of sp³-hybridized carbons (Fsp3) is 0.714. The molecule has 0 aliphatic heterocycles. The van der Waals surface area contributed by atoms with Gasteiger partial charge in [0.1, 0.15) is 12.7 Å². The third kappa shape index (κ3) is 47.8. The highest BCUT2D eigenvalue weighted by Gasteiger charge is 2.28. The van der Waals surface area contributed by atoms with Crippen LogP contribution in [-0.2, 0) is 41.8 Å². The van der Waals surface area contributed by atoms with Crippen molar-refractivity contribution in [3.63, 3.8) is 0 Å². The van der Waals surface area contributed by atoms with Crippen LogP contribution < -0.4 is 0 Å². The van der Waals surface area contributed by atoms with Gasteiger partial charge in [-0.1, -0.05) is 190 Å². The molecule has 4 atom stereocenters. The molecule has 0 bridgehead atoms. The summed E-state index contributed by atoms with van der Waals surface area (Å²) in [7, 11) is -9.74. The second-order valence-corrected chi connectivity index (χ2v) is 19.4. The Hall–Kier alpha value is -2.48. The third-order valence-corrected chi connectivity index (χ3v) is 11.3. The molecule has 0 aliphatic rings. The summed E-state index contributed by atoms with van der Waals surface area (Å²) < 4.78 is 47.8. The van der Waals surface area contributed by atoms with Gasteiger partial charge in [-0.3, -0.25) is 23.2 Å². The number of esters is 2. The molecular formula is C49H86O14P2. The molecule has 0 amide bonds. The molecule has 16 heteroatoms. The van der Waals surface area contributed by atoms with Gasteiger partial charge in [-0.25, -0.2) is 9.13 Å². The van der Waals surface area contributed by atoms with Gasteiger partial charge in [0.05, 0.1) is 25.9 Å². The topological polar surface area (TPSA) is 216 Å². The molecule has 2 unspecified atom stereocenters. The molecule has 14 nitrogen and oxygen atoms in total. The Labute approximate surface area is 391 Å². The van der Waals surface area contributed by atoms with E-state index in [0.29, 0.717) is 19.3 Å². The van der Waals surface area contributed by atoms with Crippen molar-refractivity contribution in [2.75, 3.05) is 26.4 Å². The van der Waals surface area contributed by atoms with Crippen molar-refractivity contribution < 1.29 is 66.7 Å². The van der Waals surface area contributed by atoms with Gasteiger partial charge < -0.3 is 34.4 Å². The number of rotatable bonds is 44. The van der Waals surface area contributed by atoms with Gasteiger partial charge in [0.25, 0.3) is 0 Å². The van der Waals surface area contributed by atoms with Crippen LogP contribution in [0.3, 0.4) is 0 Å². The number of unbranched alkanes of at least 4 members (excludes halogenated alkanes) is 14. The van der Waals surface area contributed by atoms with Crippen LogP contribution in [0.25, 0.3) is 0 Å². The molecule has 0 aromatic heterocycles. The number of carbonyl (C=O) groups excluding carboxylic acids is 2. The maximum absolute atomic E-state index is 12.7. The Balaban J connectivity index is 4.64. The monoisotopic (exact) mass is 961 g/mol. The summed E-state index contributed by atoms with van der Waals surface area (Å²) in [5.41, 5.74) is 0. The predicted octanol–water partition coefficient (Wildman–Crippen LogP) is 11.8. The first-order valence-electron chi connectivity index (χ1n) is 24.1. The van der Waals surface area contributed by atoms with Crippen LogP contribution in [-0.4, -0.2) is 81.6 Å². The van der Waals surface area contributed by atoms with Crippen molar-refractivity contribution in [3.8, 4) is 0 Å². The summed E-state index contributed by atoms with van der Waals surface area (Å²) in [4.78, 5) is 52.8. The predicted molar refractivity (Wildman–Crippen MR) is 259 cm³/mol. The number of ether oxygens (including phenoxy) is 2. The summed E-state index contributed by atoms with van der Waals surface area (Å²) in [5.74, 6) is -0.405. The van der Waals surface area contributed by atoms with E-state index in [-0.39, 0.29) is 12.8 Å². The van der Waals surface area contributed by atoms with Crippen LogP contribution >= 0.6 is 15.6 Å². The van der Waals surface area contributed by atoms with Crippen molar-refractivity contribution in [2.24, 2.45) is 5.92 Å². The van der Waals surface area contributed by atoms with Crippen LogP contribution in [0, 0.1) is 5.92 Å². The number of phosphoric acid groups is 2. The smallest absolute Gasteiger partial charge is 0.462 e. The number of carbonyl (C=O) groups is 2. The Morgan fingerprint density at radius 3 is 1.62 bits per heavy atom. The highest BCUT2D eigenvalue weighted by Crippen LogP contribution is 2.43.